The number of hydrogen-bond acceptors (Lipinski definition) is 9. The van der Waals surface area contributed by atoms with Gasteiger partial charge >= 0.3 is 19.3 Å². The van der Waals surface area contributed by atoms with Crippen LogP contribution in [0.1, 0.15) is 71.4 Å². The molecule has 1 amide bonds. The van der Waals surface area contributed by atoms with Gasteiger partial charge in [0, 0.05) is 31.8 Å². The first kappa shape index (κ1) is 45.2. The third-order valence-electron chi connectivity index (χ3n) is 7.80. The lowest BCUT2D eigenvalue weighted by molar-refractivity contribution is -0.139. The molecule has 1 aromatic rings. The zero-order valence-electron chi connectivity index (χ0n) is 30.8. The molecule has 1 aliphatic rings. The summed E-state index contributed by atoms with van der Waals surface area (Å²) in [5.74, 6) is -0.970. The van der Waals surface area contributed by atoms with E-state index in [9.17, 15) is 28.8 Å². The van der Waals surface area contributed by atoms with Crippen molar-refractivity contribution < 1.29 is 37.6 Å². The number of carbonyl (C=O) groups excluding carboxylic acids is 2. The number of H-pyrrole nitrogens is 1. The van der Waals surface area contributed by atoms with Gasteiger partial charge in [-0.15, -0.1) is 0 Å². The molecule has 0 saturated carbocycles. The maximum absolute atomic E-state index is 15.5. The van der Waals surface area contributed by atoms with Gasteiger partial charge in [0.1, 0.15) is 18.8 Å². The van der Waals surface area contributed by atoms with Gasteiger partial charge in [0.15, 0.2) is 11.9 Å². The number of aliphatic hydroxyl groups excluding tert-OH is 1. The normalized spacial score (nSPS) is 21.9. The van der Waals surface area contributed by atoms with Crippen molar-refractivity contribution in [1.29, 1.82) is 0 Å². The van der Waals surface area contributed by atoms with Crippen LogP contribution in [0.5, 0.6) is 0 Å². The van der Waals surface area contributed by atoms with Crippen LogP contribution >= 0.6 is 7.67 Å². The first-order chi connectivity index (χ1) is 25.4. The van der Waals surface area contributed by atoms with E-state index in [0.29, 0.717) is 6.42 Å². The second-order valence-electron chi connectivity index (χ2n) is 12.1. The predicted octanol–water partition coefficient (Wildman–Crippen LogP) is 4.59. The van der Waals surface area contributed by atoms with Gasteiger partial charge in [0.05, 0.1) is 13.7 Å². The lowest BCUT2D eigenvalue weighted by Crippen LogP contribution is -2.44. The van der Waals surface area contributed by atoms with Crippen molar-refractivity contribution in [2.75, 3.05) is 33.4 Å². The Balaban J connectivity index is 1.70. The summed E-state index contributed by atoms with van der Waals surface area (Å²) in [5.41, 5.74) is -4.15. The first-order valence-corrected chi connectivity index (χ1v) is 19.4. The second kappa shape index (κ2) is 25.1. The van der Waals surface area contributed by atoms with Crippen LogP contribution in [-0.4, -0.2) is 77.8 Å². The van der Waals surface area contributed by atoms with Gasteiger partial charge in [-0.2, -0.15) is 0 Å². The standard InChI is InChI=1S/C37H55FN5O9P/c1-4-5-6-7-8-9-10-11-12-13-14-15-16-17-18-19-20-21-22-23-31(44)39-25-26-40-53(49,41-28-33(46)50-3)51-29-30-34(47)37(2,38)35(52-30)43-27-24-32(45)42-36(43)48/h5-6,8-9,11-12,14-15,17-18,20-21,24,27,30,34-35,47H,4,7,10,13,16,19,22-23,25-26,28-29H2,1-3H3,(H,39,44)(H2,40,41,49)(H,42,45,48)/t30-,34-,35-,37-,53?/m1/s1. The molecule has 5 atom stereocenters. The highest BCUT2D eigenvalue weighted by molar-refractivity contribution is 7.54. The number of carbonyl (C=O) groups is 2. The zero-order valence-corrected chi connectivity index (χ0v) is 31.7. The molecular formula is C37H55FN5O9P. The van der Waals surface area contributed by atoms with Gasteiger partial charge in [-0.25, -0.2) is 19.4 Å². The number of alkyl halides is 1. The van der Waals surface area contributed by atoms with Crippen molar-refractivity contribution in [3.8, 4) is 0 Å². The Kier molecular flexibility index (Phi) is 21.4. The highest BCUT2D eigenvalue weighted by Crippen LogP contribution is 2.43. The third-order valence-corrected chi connectivity index (χ3v) is 9.53. The summed E-state index contributed by atoms with van der Waals surface area (Å²) >= 11 is 0. The largest absolute Gasteiger partial charge is 0.468 e. The van der Waals surface area contributed by atoms with Crippen LogP contribution in [0.4, 0.5) is 4.39 Å². The summed E-state index contributed by atoms with van der Waals surface area (Å²) in [4.78, 5) is 49.6. The third kappa shape index (κ3) is 17.6. The van der Waals surface area contributed by atoms with Crippen molar-refractivity contribution in [2.45, 2.75) is 89.3 Å². The molecule has 2 heterocycles. The fourth-order valence-electron chi connectivity index (χ4n) is 4.88. The molecule has 5 N–H and O–H groups in total. The van der Waals surface area contributed by atoms with Crippen molar-refractivity contribution in [1.82, 2.24) is 25.0 Å². The summed E-state index contributed by atoms with van der Waals surface area (Å²) < 4.78 is 45.4. The minimum absolute atomic E-state index is 0.0403. The van der Waals surface area contributed by atoms with Gasteiger partial charge in [0.2, 0.25) is 5.91 Å². The number of hydrogen-bond donors (Lipinski definition) is 5. The van der Waals surface area contributed by atoms with E-state index in [0.717, 1.165) is 69.4 Å². The minimum atomic E-state index is -4.04. The molecule has 16 heteroatoms. The molecule has 1 fully saturated rings. The Bertz CT molecular complexity index is 1620. The number of aromatic amines is 1. The maximum atomic E-state index is 15.5. The topological polar surface area (TPSA) is 190 Å². The molecule has 1 aromatic heterocycles. The highest BCUT2D eigenvalue weighted by atomic mass is 31.2. The number of nitrogens with one attached hydrogen (secondary N) is 4. The van der Waals surface area contributed by atoms with E-state index in [1.165, 1.54) is 0 Å². The number of allylic oxidation sites excluding steroid dienone is 12. The number of nitrogens with zero attached hydrogens (tertiary/aromatic N) is 1. The fourth-order valence-corrected chi connectivity index (χ4v) is 6.27. The summed E-state index contributed by atoms with van der Waals surface area (Å²) in [7, 11) is -2.90. The van der Waals surface area contributed by atoms with Crippen LogP contribution in [0.25, 0.3) is 0 Å². The Morgan fingerprint density at radius 2 is 1.53 bits per heavy atom. The quantitative estimate of drug-likeness (QED) is 0.0405. The van der Waals surface area contributed by atoms with Crippen molar-refractivity contribution >= 4 is 19.5 Å². The monoisotopic (exact) mass is 763 g/mol. The summed E-state index contributed by atoms with van der Waals surface area (Å²) in [6.07, 6.45) is 27.8. The number of rotatable bonds is 25. The van der Waals surface area contributed by atoms with Crippen LogP contribution in [0, 0.1) is 0 Å². The number of aromatic nitrogens is 2. The Labute approximate surface area is 310 Å². The molecular weight excluding hydrogens is 708 g/mol. The average Bonchev–Trinajstić information content (AvgIpc) is 3.36. The van der Waals surface area contributed by atoms with Gasteiger partial charge < -0.3 is 24.4 Å². The maximum Gasteiger partial charge on any atom is 0.341 e. The summed E-state index contributed by atoms with van der Waals surface area (Å²) in [5, 5.41) is 18.4. The van der Waals surface area contributed by atoms with Crippen LogP contribution in [-0.2, 0) is 28.2 Å². The van der Waals surface area contributed by atoms with Crippen LogP contribution in [0.3, 0.4) is 0 Å². The fraction of sp³-hybridized carbons (Fsp3) is 0.514. The van der Waals surface area contributed by atoms with Gasteiger partial charge in [-0.3, -0.25) is 28.5 Å². The van der Waals surface area contributed by atoms with E-state index >= 15 is 4.39 Å². The molecule has 53 heavy (non-hydrogen) atoms. The van der Waals surface area contributed by atoms with Crippen LogP contribution < -0.4 is 26.7 Å². The number of halogens is 1. The smallest absolute Gasteiger partial charge is 0.341 e. The molecule has 1 unspecified atom stereocenters. The van der Waals surface area contributed by atoms with E-state index < -0.39 is 62.1 Å². The SMILES string of the molecule is CCC=CCC=CCC=CCC=CCC=CCC=CCCC(=O)NCCNP(=O)(NCC(=O)OC)OC[C@H]1O[C@@H](n2ccc(=O)[nH]c2=O)[C@](C)(F)[C@@H]1O. The minimum Gasteiger partial charge on any atom is -0.468 e. The molecule has 294 valence electrons. The van der Waals surface area contributed by atoms with Crippen LogP contribution in [0.15, 0.2) is 94.8 Å². The molecule has 0 aromatic carbocycles. The molecule has 0 aliphatic carbocycles. The number of amides is 1. The average molecular weight is 764 g/mol. The van der Waals surface area contributed by atoms with E-state index in [4.69, 9.17) is 9.26 Å². The van der Waals surface area contributed by atoms with Gasteiger partial charge in [-0.05, 0) is 51.9 Å². The van der Waals surface area contributed by atoms with Crippen molar-refractivity contribution in [3.63, 3.8) is 0 Å². The highest BCUT2D eigenvalue weighted by Gasteiger charge is 2.55. The van der Waals surface area contributed by atoms with Crippen LogP contribution in [0.2, 0.25) is 0 Å². The predicted molar refractivity (Wildman–Crippen MR) is 203 cm³/mol. The molecule has 1 aliphatic heterocycles. The molecule has 2 rings (SSSR count). The molecule has 0 spiro atoms. The molecule has 0 bridgehead atoms. The number of methoxy groups -OCH3 is 1. The van der Waals surface area contributed by atoms with Crippen molar-refractivity contribution in [2.24, 2.45) is 0 Å². The van der Waals surface area contributed by atoms with E-state index in [2.05, 4.69) is 87.9 Å². The summed E-state index contributed by atoms with van der Waals surface area (Å²) in [6.45, 7) is 2.04. The lowest BCUT2D eigenvalue weighted by Gasteiger charge is -2.25. The lowest BCUT2D eigenvalue weighted by atomic mass is 9.98. The second-order valence-corrected chi connectivity index (χ2v) is 14.1. The Morgan fingerprint density at radius 3 is 2.08 bits per heavy atom. The van der Waals surface area contributed by atoms with E-state index in [1.807, 2.05) is 17.1 Å². The van der Waals surface area contributed by atoms with E-state index in [-0.39, 0.29) is 25.4 Å². The number of aliphatic hydroxyl groups is 1. The Hall–Kier alpha value is -3.98. The van der Waals surface area contributed by atoms with Crippen molar-refractivity contribution in [3.05, 3.63) is 106 Å². The molecule has 14 nitrogen and oxygen atoms in total. The number of esters is 1. The summed E-state index contributed by atoms with van der Waals surface area (Å²) in [6, 6.07) is 0.996. The molecule has 1 saturated heterocycles. The van der Waals surface area contributed by atoms with Gasteiger partial charge in [-0.1, -0.05) is 79.8 Å². The number of ether oxygens (including phenoxy) is 2. The first-order valence-electron chi connectivity index (χ1n) is 17.8. The zero-order chi connectivity index (χ0) is 39.0. The van der Waals surface area contributed by atoms with Gasteiger partial charge in [0.25, 0.3) is 5.56 Å². The molecule has 0 radical (unpaired) electrons. The Morgan fingerprint density at radius 1 is 0.962 bits per heavy atom. The van der Waals surface area contributed by atoms with E-state index in [1.54, 1.807) is 0 Å².